The molecule has 5 fully saturated rings. The van der Waals surface area contributed by atoms with Crippen LogP contribution >= 0.6 is 0 Å². The third-order valence-corrected chi connectivity index (χ3v) is 10.5. The number of allylic oxidation sites excluding steroid dienone is 2. The van der Waals surface area contributed by atoms with Crippen molar-refractivity contribution in [2.24, 2.45) is 29.1 Å². The Morgan fingerprint density at radius 1 is 1.18 bits per heavy atom. The average molecular weight is 534 g/mol. The van der Waals surface area contributed by atoms with Crippen LogP contribution in [0.2, 0.25) is 0 Å². The minimum atomic E-state index is -1.27. The minimum Gasteiger partial charge on any atom is -0.457 e. The fourth-order valence-corrected chi connectivity index (χ4v) is 8.82. The second kappa shape index (κ2) is 8.35. The number of rotatable bonds is 5. The lowest BCUT2D eigenvalue weighted by Gasteiger charge is -2.68. The second-order valence-corrected chi connectivity index (χ2v) is 12.7. The van der Waals surface area contributed by atoms with Gasteiger partial charge in [-0.25, -0.2) is 0 Å². The van der Waals surface area contributed by atoms with Gasteiger partial charge in [0.25, 0.3) is 0 Å². The number of hydrogen-bond donors (Lipinski definition) is 1. The van der Waals surface area contributed by atoms with Crippen LogP contribution in [0.3, 0.4) is 0 Å². The van der Waals surface area contributed by atoms with Gasteiger partial charge < -0.3 is 24.7 Å². The first-order valence-corrected chi connectivity index (χ1v) is 14.1. The summed E-state index contributed by atoms with van der Waals surface area (Å²) in [5, 5.41) is 0. The van der Waals surface area contributed by atoms with Crippen LogP contribution in [0.1, 0.15) is 58.3 Å². The molecular weight excluding hydrogens is 498 g/mol. The predicted octanol–water partition coefficient (Wildman–Crippen LogP) is 3.85. The Hall–Kier alpha value is -2.81. The van der Waals surface area contributed by atoms with E-state index in [0.717, 1.165) is 24.0 Å². The number of esters is 1. The van der Waals surface area contributed by atoms with E-state index in [4.69, 9.17) is 24.7 Å². The van der Waals surface area contributed by atoms with E-state index in [1.807, 2.05) is 18.2 Å². The molecule has 6 aliphatic rings. The fourth-order valence-electron chi connectivity index (χ4n) is 8.82. The summed E-state index contributed by atoms with van der Waals surface area (Å²) in [6.45, 7) is 5.29. The van der Waals surface area contributed by atoms with Gasteiger partial charge in [-0.1, -0.05) is 32.9 Å². The van der Waals surface area contributed by atoms with Crippen molar-refractivity contribution in [2.45, 2.75) is 76.2 Å². The van der Waals surface area contributed by atoms with Gasteiger partial charge in [-0.3, -0.25) is 14.4 Å². The molecule has 3 saturated carbocycles. The Morgan fingerprint density at radius 3 is 2.69 bits per heavy atom. The molecule has 0 bridgehead atoms. The number of nitrogen functional groups attached to an aromatic ring is 1. The molecule has 0 amide bonds. The summed E-state index contributed by atoms with van der Waals surface area (Å²) >= 11 is 0. The highest BCUT2D eigenvalue weighted by molar-refractivity contribution is 6.01. The molecule has 8 heteroatoms. The number of carbonyl (C=O) groups excluding carboxylic acids is 3. The topological polar surface area (TPSA) is 114 Å². The molecule has 7 rings (SSSR count). The van der Waals surface area contributed by atoms with Gasteiger partial charge in [0.1, 0.15) is 5.60 Å². The molecule has 2 aliphatic heterocycles. The molecule has 206 valence electrons. The molecule has 1 spiro atoms. The lowest BCUT2D eigenvalue weighted by Crippen LogP contribution is -2.72. The molecule has 0 radical (unpaired) electrons. The van der Waals surface area contributed by atoms with E-state index >= 15 is 0 Å². The van der Waals surface area contributed by atoms with E-state index in [1.165, 1.54) is 0 Å². The molecule has 4 aliphatic carbocycles. The molecular formula is C31H35NO7. The van der Waals surface area contributed by atoms with E-state index in [2.05, 4.69) is 6.92 Å². The van der Waals surface area contributed by atoms with Crippen molar-refractivity contribution < 1.29 is 33.3 Å². The first-order chi connectivity index (χ1) is 18.6. The highest BCUT2D eigenvalue weighted by Gasteiger charge is 2.79. The summed E-state index contributed by atoms with van der Waals surface area (Å²) in [6, 6.07) is 7.31. The van der Waals surface area contributed by atoms with Gasteiger partial charge in [0.2, 0.25) is 5.78 Å². The highest BCUT2D eigenvalue weighted by Crippen LogP contribution is 2.73. The van der Waals surface area contributed by atoms with Crippen LogP contribution in [0.5, 0.6) is 0 Å². The van der Waals surface area contributed by atoms with Crippen LogP contribution in [0, 0.1) is 29.1 Å². The third kappa shape index (κ3) is 3.25. The Kier molecular flexibility index (Phi) is 5.39. The molecule has 39 heavy (non-hydrogen) atoms. The van der Waals surface area contributed by atoms with Crippen molar-refractivity contribution in [2.75, 3.05) is 12.3 Å². The van der Waals surface area contributed by atoms with Crippen LogP contribution in [0.15, 0.2) is 48.1 Å². The highest BCUT2D eigenvalue weighted by atomic mass is 16.7. The lowest BCUT2D eigenvalue weighted by atomic mass is 9.46. The van der Waals surface area contributed by atoms with Crippen LogP contribution in [0.4, 0.5) is 5.69 Å². The Labute approximate surface area is 227 Å². The van der Waals surface area contributed by atoms with Crippen molar-refractivity contribution >= 4 is 23.2 Å². The maximum atomic E-state index is 14.2. The molecule has 8 nitrogen and oxygen atoms in total. The van der Waals surface area contributed by atoms with Gasteiger partial charge in [0, 0.05) is 22.6 Å². The van der Waals surface area contributed by atoms with Crippen molar-refractivity contribution in [3.8, 4) is 0 Å². The smallest absolute Gasteiger partial charge is 0.308 e. The number of nitrogens with two attached hydrogens (primary N) is 1. The summed E-state index contributed by atoms with van der Waals surface area (Å²) in [5.74, 6) is -0.260. The first-order valence-electron chi connectivity index (χ1n) is 14.1. The van der Waals surface area contributed by atoms with Gasteiger partial charge in [-0.15, -0.1) is 0 Å². The van der Waals surface area contributed by atoms with Crippen LogP contribution in [0.25, 0.3) is 0 Å². The van der Waals surface area contributed by atoms with Crippen molar-refractivity contribution in [1.29, 1.82) is 0 Å². The molecule has 1 aromatic carbocycles. The van der Waals surface area contributed by atoms with Gasteiger partial charge in [-0.05, 0) is 73.5 Å². The van der Waals surface area contributed by atoms with Gasteiger partial charge >= 0.3 is 5.97 Å². The second-order valence-electron chi connectivity index (χ2n) is 12.7. The van der Waals surface area contributed by atoms with Crippen molar-refractivity contribution in [3.05, 3.63) is 53.6 Å². The summed E-state index contributed by atoms with van der Waals surface area (Å²) in [5.41, 5.74) is 6.06. The average Bonchev–Trinajstić information content (AvgIpc) is 3.39. The van der Waals surface area contributed by atoms with E-state index in [9.17, 15) is 14.4 Å². The van der Waals surface area contributed by atoms with Crippen molar-refractivity contribution in [1.82, 2.24) is 0 Å². The normalized spacial score (nSPS) is 43.1. The predicted molar refractivity (Wildman–Crippen MR) is 140 cm³/mol. The Bertz CT molecular complexity index is 1320. The molecule has 2 N–H and O–H groups in total. The van der Waals surface area contributed by atoms with E-state index in [0.29, 0.717) is 24.4 Å². The van der Waals surface area contributed by atoms with Crippen molar-refractivity contribution in [3.63, 3.8) is 0 Å². The number of benzene rings is 1. The van der Waals surface area contributed by atoms with Gasteiger partial charge in [-0.2, -0.15) is 0 Å². The standard InChI is InChI=1S/C31H35NO7/c1-16(2)27(35)36-15-24(34)31-25(37-28(39-31)17-4-7-19(32)8-5-17)13-22-21-9-6-18-12-20(33)10-11-30(18)26(21)23(38-30)14-29(22,31)3/h4-5,7-8,10-12,16,21-23,25-26,28H,6,9,13-15,32H2,1-3H3/t21?,22?,23?,25?,26?,28-,29?,30+,31?/m1/s1. The van der Waals surface area contributed by atoms with E-state index in [-0.39, 0.29) is 42.0 Å². The largest absolute Gasteiger partial charge is 0.457 e. The summed E-state index contributed by atoms with van der Waals surface area (Å²) in [6.07, 6.45) is 7.13. The molecule has 1 aromatic rings. The Balaban J connectivity index is 1.25. The van der Waals surface area contributed by atoms with Gasteiger partial charge in [0.15, 0.2) is 24.3 Å². The zero-order chi connectivity index (χ0) is 27.3. The fraction of sp³-hybridized carbons (Fsp3) is 0.581. The maximum Gasteiger partial charge on any atom is 0.308 e. The molecule has 9 atom stereocenters. The third-order valence-electron chi connectivity index (χ3n) is 10.5. The molecule has 0 aromatic heterocycles. The zero-order valence-electron chi connectivity index (χ0n) is 22.6. The Morgan fingerprint density at radius 2 is 1.95 bits per heavy atom. The quantitative estimate of drug-likeness (QED) is 0.449. The summed E-state index contributed by atoms with van der Waals surface area (Å²) in [4.78, 5) is 38.6. The SMILES string of the molecule is CC(C)C(=O)OCC(=O)C12O[C@H](c3ccc(N)cc3)OC1CC1C3CCC4=CC(=O)C=C[C@]45OC(CC12C)C35. The number of anilines is 1. The maximum absolute atomic E-state index is 14.2. The van der Waals surface area contributed by atoms with Crippen LogP contribution < -0.4 is 5.73 Å². The van der Waals surface area contributed by atoms with Crippen LogP contribution in [-0.2, 0) is 33.3 Å². The zero-order valence-corrected chi connectivity index (χ0v) is 22.6. The molecule has 2 heterocycles. The summed E-state index contributed by atoms with van der Waals surface area (Å²) < 4.78 is 25.4. The number of Topliss-reactive ketones (excluding diaryl/α,β-unsaturated/α-hetero) is 1. The number of fused-ring (bicyclic) bond motifs is 4. The number of hydrogen-bond acceptors (Lipinski definition) is 8. The number of ether oxygens (including phenoxy) is 4. The lowest BCUT2D eigenvalue weighted by molar-refractivity contribution is -0.300. The van der Waals surface area contributed by atoms with Crippen LogP contribution in [-0.4, -0.2) is 47.6 Å². The molecule has 2 saturated heterocycles. The first kappa shape index (κ1) is 25.2. The number of carbonyl (C=O) groups is 3. The minimum absolute atomic E-state index is 0.0215. The monoisotopic (exact) mass is 533 g/mol. The summed E-state index contributed by atoms with van der Waals surface area (Å²) in [7, 11) is 0. The van der Waals surface area contributed by atoms with E-state index < -0.39 is 35.0 Å². The molecule has 7 unspecified atom stereocenters. The van der Waals surface area contributed by atoms with E-state index in [1.54, 1.807) is 38.1 Å². The number of ketones is 2. The van der Waals surface area contributed by atoms with Gasteiger partial charge in [0.05, 0.1) is 18.1 Å².